The summed E-state index contributed by atoms with van der Waals surface area (Å²) in [5.74, 6) is -0.562. The normalized spacial score (nSPS) is 38.4. The van der Waals surface area contributed by atoms with Gasteiger partial charge in [0.05, 0.1) is 5.92 Å². The SMILES string of the molecule is CC(=O)OC1CC(C)=C2CC=C(C)C2C2OC(=O)C(C)C12. The van der Waals surface area contributed by atoms with Gasteiger partial charge in [-0.05, 0) is 20.3 Å². The summed E-state index contributed by atoms with van der Waals surface area (Å²) in [7, 11) is 0. The first-order valence-corrected chi connectivity index (χ1v) is 7.63. The fraction of sp³-hybridized carbons (Fsp3) is 0.647. The Bertz CT molecular complexity index is 557. The van der Waals surface area contributed by atoms with E-state index in [1.165, 1.54) is 23.6 Å². The second-order valence-electron chi connectivity index (χ2n) is 6.56. The van der Waals surface area contributed by atoms with Gasteiger partial charge in [-0.3, -0.25) is 9.59 Å². The van der Waals surface area contributed by atoms with E-state index in [0.29, 0.717) is 6.42 Å². The van der Waals surface area contributed by atoms with Gasteiger partial charge in [0.1, 0.15) is 12.2 Å². The molecule has 0 N–H and O–H groups in total. The van der Waals surface area contributed by atoms with Crippen molar-refractivity contribution in [2.24, 2.45) is 17.8 Å². The third-order valence-electron chi connectivity index (χ3n) is 5.22. The minimum absolute atomic E-state index is 0.0553. The molecule has 1 heterocycles. The van der Waals surface area contributed by atoms with E-state index in [4.69, 9.17) is 9.47 Å². The van der Waals surface area contributed by atoms with E-state index in [1.807, 2.05) is 6.92 Å². The summed E-state index contributed by atoms with van der Waals surface area (Å²) >= 11 is 0. The van der Waals surface area contributed by atoms with Crippen LogP contribution in [0.5, 0.6) is 0 Å². The molecular formula is C17H22O4. The number of carbonyl (C=O) groups excluding carboxylic acids is 2. The molecule has 0 aromatic heterocycles. The molecule has 21 heavy (non-hydrogen) atoms. The van der Waals surface area contributed by atoms with Crippen LogP contribution in [0.25, 0.3) is 0 Å². The Balaban J connectivity index is 2.03. The maximum Gasteiger partial charge on any atom is 0.309 e. The number of ether oxygens (including phenoxy) is 2. The highest BCUT2D eigenvalue weighted by Crippen LogP contribution is 2.49. The second-order valence-corrected chi connectivity index (χ2v) is 6.56. The number of rotatable bonds is 1. The van der Waals surface area contributed by atoms with Gasteiger partial charge in [-0.25, -0.2) is 0 Å². The molecule has 2 aliphatic carbocycles. The van der Waals surface area contributed by atoms with Crippen molar-refractivity contribution in [1.29, 1.82) is 0 Å². The first-order valence-electron chi connectivity index (χ1n) is 7.63. The molecule has 5 unspecified atom stereocenters. The van der Waals surface area contributed by atoms with Gasteiger partial charge >= 0.3 is 11.9 Å². The molecule has 1 fully saturated rings. The summed E-state index contributed by atoms with van der Waals surface area (Å²) < 4.78 is 11.2. The Morgan fingerprint density at radius 3 is 2.76 bits per heavy atom. The summed E-state index contributed by atoms with van der Waals surface area (Å²) in [5, 5.41) is 0. The fourth-order valence-corrected chi connectivity index (χ4v) is 4.18. The van der Waals surface area contributed by atoms with Crippen LogP contribution >= 0.6 is 0 Å². The Labute approximate surface area is 125 Å². The number of allylic oxidation sites excluding steroid dienone is 1. The highest BCUT2D eigenvalue weighted by molar-refractivity contribution is 5.75. The molecule has 1 saturated heterocycles. The maximum atomic E-state index is 12.1. The average Bonchev–Trinajstić information content (AvgIpc) is 2.86. The van der Waals surface area contributed by atoms with Crippen molar-refractivity contribution >= 4 is 11.9 Å². The molecule has 0 saturated carbocycles. The van der Waals surface area contributed by atoms with E-state index < -0.39 is 0 Å². The molecule has 0 aromatic rings. The fourth-order valence-electron chi connectivity index (χ4n) is 4.18. The molecule has 0 radical (unpaired) electrons. The minimum atomic E-state index is -0.289. The zero-order valence-electron chi connectivity index (χ0n) is 13.0. The Morgan fingerprint density at radius 1 is 1.38 bits per heavy atom. The molecule has 4 heteroatoms. The minimum Gasteiger partial charge on any atom is -0.462 e. The molecule has 0 aromatic carbocycles. The van der Waals surface area contributed by atoms with Crippen LogP contribution in [-0.4, -0.2) is 24.1 Å². The largest absolute Gasteiger partial charge is 0.462 e. The van der Waals surface area contributed by atoms with Gasteiger partial charge in [-0.1, -0.05) is 29.7 Å². The van der Waals surface area contributed by atoms with Gasteiger partial charge in [-0.15, -0.1) is 0 Å². The summed E-state index contributed by atoms with van der Waals surface area (Å²) in [6.07, 6.45) is 3.39. The lowest BCUT2D eigenvalue weighted by atomic mass is 9.80. The van der Waals surface area contributed by atoms with Crippen molar-refractivity contribution in [2.75, 3.05) is 0 Å². The molecule has 3 aliphatic rings. The summed E-state index contributed by atoms with van der Waals surface area (Å²) in [6.45, 7) is 7.53. The van der Waals surface area contributed by atoms with E-state index in [0.717, 1.165) is 6.42 Å². The summed E-state index contributed by atoms with van der Waals surface area (Å²) in [4.78, 5) is 23.5. The van der Waals surface area contributed by atoms with Crippen LogP contribution in [0, 0.1) is 17.8 Å². The van der Waals surface area contributed by atoms with E-state index in [-0.39, 0.29) is 41.9 Å². The molecule has 3 rings (SSSR count). The van der Waals surface area contributed by atoms with Gasteiger partial charge in [0.2, 0.25) is 0 Å². The van der Waals surface area contributed by atoms with Crippen molar-refractivity contribution in [1.82, 2.24) is 0 Å². The van der Waals surface area contributed by atoms with Crippen molar-refractivity contribution in [3.63, 3.8) is 0 Å². The van der Waals surface area contributed by atoms with Crippen molar-refractivity contribution in [3.8, 4) is 0 Å². The molecule has 0 amide bonds. The monoisotopic (exact) mass is 290 g/mol. The van der Waals surface area contributed by atoms with Crippen LogP contribution in [0.4, 0.5) is 0 Å². The summed E-state index contributed by atoms with van der Waals surface area (Å²) in [5.41, 5.74) is 3.89. The predicted octanol–water partition coefficient (Wildman–Crippen LogP) is 2.78. The lowest BCUT2D eigenvalue weighted by molar-refractivity contribution is -0.150. The molecule has 5 atom stereocenters. The topological polar surface area (TPSA) is 52.6 Å². The quantitative estimate of drug-likeness (QED) is 0.550. The smallest absolute Gasteiger partial charge is 0.309 e. The predicted molar refractivity (Wildman–Crippen MR) is 77.3 cm³/mol. The van der Waals surface area contributed by atoms with Gasteiger partial charge in [0, 0.05) is 25.2 Å². The van der Waals surface area contributed by atoms with Crippen molar-refractivity contribution in [3.05, 3.63) is 22.8 Å². The average molecular weight is 290 g/mol. The third kappa shape index (κ3) is 2.21. The first-order chi connectivity index (χ1) is 9.90. The lowest BCUT2D eigenvalue weighted by Gasteiger charge is -2.29. The van der Waals surface area contributed by atoms with Crippen LogP contribution in [0.2, 0.25) is 0 Å². The van der Waals surface area contributed by atoms with E-state index in [9.17, 15) is 9.59 Å². The van der Waals surface area contributed by atoms with Gasteiger partial charge < -0.3 is 9.47 Å². The number of esters is 2. The van der Waals surface area contributed by atoms with Crippen molar-refractivity contribution < 1.29 is 19.1 Å². The molecule has 114 valence electrons. The number of fused-ring (bicyclic) bond motifs is 3. The van der Waals surface area contributed by atoms with Gasteiger partial charge in [0.25, 0.3) is 0 Å². The first kappa shape index (κ1) is 14.4. The second kappa shape index (κ2) is 5.00. The molecule has 0 spiro atoms. The van der Waals surface area contributed by atoms with Crippen LogP contribution in [-0.2, 0) is 19.1 Å². The molecule has 0 bridgehead atoms. The Morgan fingerprint density at radius 2 is 2.10 bits per heavy atom. The molecule has 4 nitrogen and oxygen atoms in total. The lowest BCUT2D eigenvalue weighted by Crippen LogP contribution is -2.37. The number of hydrogen-bond donors (Lipinski definition) is 0. The Hall–Kier alpha value is -1.58. The number of carbonyl (C=O) groups is 2. The Kier molecular flexibility index (Phi) is 3.42. The van der Waals surface area contributed by atoms with Crippen LogP contribution in [0.1, 0.15) is 40.5 Å². The maximum absolute atomic E-state index is 12.1. The summed E-state index contributed by atoms with van der Waals surface area (Å²) in [6, 6.07) is 0. The van der Waals surface area contributed by atoms with Crippen LogP contribution < -0.4 is 0 Å². The highest BCUT2D eigenvalue weighted by atomic mass is 16.6. The van der Waals surface area contributed by atoms with Crippen molar-refractivity contribution in [2.45, 2.75) is 52.7 Å². The molecule has 1 aliphatic heterocycles. The standard InChI is InChI=1S/C17H22O4/c1-8-5-6-12-9(2)7-13(20-11(4)18)15-10(3)17(19)21-16(15)14(8)12/h5,10,13-16H,6-7H2,1-4H3. The van der Waals surface area contributed by atoms with E-state index >= 15 is 0 Å². The number of hydrogen-bond acceptors (Lipinski definition) is 4. The third-order valence-corrected chi connectivity index (χ3v) is 5.22. The van der Waals surface area contributed by atoms with E-state index in [2.05, 4.69) is 19.9 Å². The molecular weight excluding hydrogens is 268 g/mol. The van der Waals surface area contributed by atoms with Crippen LogP contribution in [0.3, 0.4) is 0 Å². The van der Waals surface area contributed by atoms with E-state index in [1.54, 1.807) is 0 Å². The highest BCUT2D eigenvalue weighted by Gasteiger charge is 2.53. The zero-order valence-corrected chi connectivity index (χ0v) is 13.0. The van der Waals surface area contributed by atoms with Gasteiger partial charge in [-0.2, -0.15) is 0 Å². The zero-order chi connectivity index (χ0) is 15.3. The van der Waals surface area contributed by atoms with Gasteiger partial charge in [0.15, 0.2) is 0 Å². The van der Waals surface area contributed by atoms with Crippen LogP contribution in [0.15, 0.2) is 22.8 Å².